The van der Waals surface area contributed by atoms with Crippen LogP contribution in [0, 0.1) is 6.92 Å². The van der Waals surface area contributed by atoms with Crippen LogP contribution in [0.25, 0.3) is 0 Å². The van der Waals surface area contributed by atoms with Crippen LogP contribution >= 0.6 is 0 Å². The predicted molar refractivity (Wildman–Crippen MR) is 57.8 cm³/mol. The van der Waals surface area contributed by atoms with Gasteiger partial charge in [0.2, 0.25) is 0 Å². The van der Waals surface area contributed by atoms with Gasteiger partial charge < -0.3 is 5.73 Å². The highest BCUT2D eigenvalue weighted by molar-refractivity contribution is 5.38. The molecular formula is C12H19N. The van der Waals surface area contributed by atoms with E-state index in [4.69, 9.17) is 5.73 Å². The van der Waals surface area contributed by atoms with E-state index in [9.17, 15) is 0 Å². The van der Waals surface area contributed by atoms with Crippen molar-refractivity contribution in [1.82, 2.24) is 0 Å². The van der Waals surface area contributed by atoms with Crippen LogP contribution in [0.4, 0.5) is 0 Å². The molecule has 0 bridgehead atoms. The zero-order chi connectivity index (χ0) is 10.1. The number of nitrogens with two attached hydrogens (primary N) is 1. The average Bonchev–Trinajstić information content (AvgIpc) is 2.02. The molecule has 0 saturated heterocycles. The van der Waals surface area contributed by atoms with Crippen LogP contribution in [0.15, 0.2) is 18.2 Å². The molecular weight excluding hydrogens is 158 g/mol. The van der Waals surface area contributed by atoms with Crippen LogP contribution < -0.4 is 5.73 Å². The Balaban J connectivity index is 3.24. The maximum atomic E-state index is 5.66. The molecule has 72 valence electrons. The van der Waals surface area contributed by atoms with Crippen molar-refractivity contribution in [2.75, 3.05) is 0 Å². The fraction of sp³-hybridized carbons (Fsp3) is 0.500. The van der Waals surface area contributed by atoms with E-state index >= 15 is 0 Å². The molecule has 0 unspecified atom stereocenters. The topological polar surface area (TPSA) is 26.0 Å². The van der Waals surface area contributed by atoms with E-state index in [-0.39, 0.29) is 5.41 Å². The summed E-state index contributed by atoms with van der Waals surface area (Å²) in [6.07, 6.45) is 0. The van der Waals surface area contributed by atoms with Gasteiger partial charge in [0.25, 0.3) is 0 Å². The lowest BCUT2D eigenvalue weighted by molar-refractivity contribution is 0.585. The van der Waals surface area contributed by atoms with Gasteiger partial charge in [0.05, 0.1) is 0 Å². The second-order valence-corrected chi connectivity index (χ2v) is 4.54. The Morgan fingerprint density at radius 1 is 1.23 bits per heavy atom. The van der Waals surface area contributed by atoms with Crippen molar-refractivity contribution >= 4 is 0 Å². The molecule has 1 rings (SSSR count). The molecule has 0 aliphatic rings. The Labute approximate surface area is 81.0 Å². The highest BCUT2D eigenvalue weighted by Gasteiger charge is 2.16. The lowest BCUT2D eigenvalue weighted by Gasteiger charge is -2.23. The van der Waals surface area contributed by atoms with Crippen LogP contribution in [0.5, 0.6) is 0 Å². The number of rotatable bonds is 1. The Morgan fingerprint density at radius 2 is 1.85 bits per heavy atom. The van der Waals surface area contributed by atoms with Gasteiger partial charge >= 0.3 is 0 Å². The van der Waals surface area contributed by atoms with E-state index in [1.54, 1.807) is 0 Å². The SMILES string of the molecule is Cc1c(CN)cccc1C(C)(C)C. The molecule has 0 atom stereocenters. The molecule has 0 aliphatic carbocycles. The minimum absolute atomic E-state index is 0.218. The first kappa shape index (κ1) is 10.3. The molecule has 1 heteroatoms. The summed E-state index contributed by atoms with van der Waals surface area (Å²) >= 11 is 0. The third-order valence-electron chi connectivity index (χ3n) is 2.47. The van der Waals surface area contributed by atoms with Crippen LogP contribution in [0.2, 0.25) is 0 Å². The summed E-state index contributed by atoms with van der Waals surface area (Å²) in [4.78, 5) is 0. The maximum Gasteiger partial charge on any atom is 0.0180 e. The molecule has 0 heterocycles. The Kier molecular flexibility index (Phi) is 2.77. The van der Waals surface area contributed by atoms with Gasteiger partial charge in [-0.25, -0.2) is 0 Å². The van der Waals surface area contributed by atoms with Gasteiger partial charge in [0.1, 0.15) is 0 Å². The second kappa shape index (κ2) is 3.51. The van der Waals surface area contributed by atoms with Crippen molar-refractivity contribution in [2.24, 2.45) is 5.73 Å². The van der Waals surface area contributed by atoms with Crippen LogP contribution in [0.1, 0.15) is 37.5 Å². The number of benzene rings is 1. The third-order valence-corrected chi connectivity index (χ3v) is 2.47. The minimum atomic E-state index is 0.218. The van der Waals surface area contributed by atoms with Crippen LogP contribution in [-0.2, 0) is 12.0 Å². The molecule has 1 aromatic carbocycles. The second-order valence-electron chi connectivity index (χ2n) is 4.54. The first-order valence-electron chi connectivity index (χ1n) is 4.76. The van der Waals surface area contributed by atoms with E-state index in [1.165, 1.54) is 16.7 Å². The summed E-state index contributed by atoms with van der Waals surface area (Å²) in [5.74, 6) is 0. The van der Waals surface area contributed by atoms with Crippen molar-refractivity contribution in [2.45, 2.75) is 39.7 Å². The summed E-state index contributed by atoms with van der Waals surface area (Å²) in [7, 11) is 0. The summed E-state index contributed by atoms with van der Waals surface area (Å²) in [5, 5.41) is 0. The van der Waals surface area contributed by atoms with E-state index in [0.29, 0.717) is 6.54 Å². The fourth-order valence-corrected chi connectivity index (χ4v) is 1.72. The van der Waals surface area contributed by atoms with E-state index in [0.717, 1.165) is 0 Å². The molecule has 0 radical (unpaired) electrons. The smallest absolute Gasteiger partial charge is 0.0180 e. The van der Waals surface area contributed by atoms with Gasteiger partial charge in [-0.05, 0) is 29.0 Å². The van der Waals surface area contributed by atoms with Gasteiger partial charge in [-0.15, -0.1) is 0 Å². The zero-order valence-corrected chi connectivity index (χ0v) is 9.02. The minimum Gasteiger partial charge on any atom is -0.326 e. The Bertz CT molecular complexity index is 294. The predicted octanol–water partition coefficient (Wildman–Crippen LogP) is 2.75. The summed E-state index contributed by atoms with van der Waals surface area (Å²) in [6.45, 7) is 9.49. The zero-order valence-electron chi connectivity index (χ0n) is 9.02. The normalized spacial score (nSPS) is 11.8. The molecule has 0 saturated carbocycles. The summed E-state index contributed by atoms with van der Waals surface area (Å²) < 4.78 is 0. The molecule has 0 fully saturated rings. The Hall–Kier alpha value is -0.820. The van der Waals surface area contributed by atoms with Crippen molar-refractivity contribution in [3.05, 3.63) is 34.9 Å². The lowest BCUT2D eigenvalue weighted by atomic mass is 9.83. The van der Waals surface area contributed by atoms with Crippen molar-refractivity contribution in [1.29, 1.82) is 0 Å². The molecule has 0 aliphatic heterocycles. The first-order chi connectivity index (χ1) is 5.96. The van der Waals surface area contributed by atoms with E-state index in [2.05, 4.69) is 45.9 Å². The van der Waals surface area contributed by atoms with Crippen LogP contribution in [-0.4, -0.2) is 0 Å². The van der Waals surface area contributed by atoms with Gasteiger partial charge in [-0.1, -0.05) is 39.0 Å². The lowest BCUT2D eigenvalue weighted by Crippen LogP contribution is -2.14. The molecule has 1 aromatic rings. The average molecular weight is 177 g/mol. The van der Waals surface area contributed by atoms with E-state index in [1.807, 2.05) is 0 Å². The third kappa shape index (κ3) is 2.10. The molecule has 1 nitrogen and oxygen atoms in total. The van der Waals surface area contributed by atoms with Crippen LogP contribution in [0.3, 0.4) is 0 Å². The largest absolute Gasteiger partial charge is 0.326 e. The van der Waals surface area contributed by atoms with Gasteiger partial charge in [-0.3, -0.25) is 0 Å². The quantitative estimate of drug-likeness (QED) is 0.701. The monoisotopic (exact) mass is 177 g/mol. The fourth-order valence-electron chi connectivity index (χ4n) is 1.72. The number of hydrogen-bond donors (Lipinski definition) is 1. The summed E-state index contributed by atoms with van der Waals surface area (Å²) in [5.41, 5.74) is 9.88. The molecule has 2 N–H and O–H groups in total. The maximum absolute atomic E-state index is 5.66. The van der Waals surface area contributed by atoms with Gasteiger partial charge in [0.15, 0.2) is 0 Å². The van der Waals surface area contributed by atoms with E-state index < -0.39 is 0 Å². The molecule has 0 amide bonds. The van der Waals surface area contributed by atoms with Gasteiger partial charge in [-0.2, -0.15) is 0 Å². The highest BCUT2D eigenvalue weighted by Crippen LogP contribution is 2.26. The number of hydrogen-bond acceptors (Lipinski definition) is 1. The first-order valence-corrected chi connectivity index (χ1v) is 4.76. The standard InChI is InChI=1S/C12H19N/c1-9-10(8-13)6-5-7-11(9)12(2,3)4/h5-7H,8,13H2,1-4H3. The Morgan fingerprint density at radius 3 is 2.31 bits per heavy atom. The molecule has 0 aromatic heterocycles. The molecule has 0 spiro atoms. The van der Waals surface area contributed by atoms with Crippen molar-refractivity contribution in [3.63, 3.8) is 0 Å². The highest BCUT2D eigenvalue weighted by atomic mass is 14.5. The van der Waals surface area contributed by atoms with Crippen molar-refractivity contribution < 1.29 is 0 Å². The van der Waals surface area contributed by atoms with Crippen molar-refractivity contribution in [3.8, 4) is 0 Å². The summed E-state index contributed by atoms with van der Waals surface area (Å²) in [6, 6.07) is 6.38. The van der Waals surface area contributed by atoms with Gasteiger partial charge in [0, 0.05) is 6.54 Å². The molecule has 13 heavy (non-hydrogen) atoms.